The van der Waals surface area contributed by atoms with Crippen LogP contribution in [-0.2, 0) is 0 Å². The highest BCUT2D eigenvalue weighted by molar-refractivity contribution is 7.10. The summed E-state index contributed by atoms with van der Waals surface area (Å²) in [5.74, 6) is 0. The second-order valence-corrected chi connectivity index (χ2v) is 5.06. The third-order valence-corrected chi connectivity index (χ3v) is 3.53. The predicted molar refractivity (Wildman–Crippen MR) is 63.6 cm³/mol. The quantitative estimate of drug-likeness (QED) is 0.831. The van der Waals surface area contributed by atoms with Gasteiger partial charge >= 0.3 is 0 Å². The van der Waals surface area contributed by atoms with Crippen molar-refractivity contribution in [2.75, 3.05) is 7.05 Å². The zero-order valence-corrected chi connectivity index (χ0v) is 10.2. The van der Waals surface area contributed by atoms with Crippen molar-refractivity contribution in [3.05, 3.63) is 22.4 Å². The second-order valence-electron chi connectivity index (χ2n) is 4.08. The average molecular weight is 212 g/mol. The van der Waals surface area contributed by atoms with Gasteiger partial charge in [0.2, 0.25) is 0 Å². The summed E-state index contributed by atoms with van der Waals surface area (Å²) in [6.45, 7) is 6.47. The van der Waals surface area contributed by atoms with E-state index in [9.17, 15) is 0 Å². The monoisotopic (exact) mass is 212 g/mol. The van der Waals surface area contributed by atoms with Crippen molar-refractivity contribution in [1.29, 1.82) is 0 Å². The van der Waals surface area contributed by atoms with E-state index in [-0.39, 0.29) is 6.04 Å². The minimum absolute atomic E-state index is 0.168. The van der Waals surface area contributed by atoms with Gasteiger partial charge < -0.3 is 5.73 Å². The third kappa shape index (κ3) is 2.56. The fourth-order valence-electron chi connectivity index (χ4n) is 1.61. The van der Waals surface area contributed by atoms with Gasteiger partial charge in [0.05, 0.1) is 6.04 Å². The van der Waals surface area contributed by atoms with Crippen molar-refractivity contribution in [3.63, 3.8) is 0 Å². The first-order valence-electron chi connectivity index (χ1n) is 5.05. The van der Waals surface area contributed by atoms with E-state index in [1.54, 1.807) is 11.3 Å². The van der Waals surface area contributed by atoms with E-state index in [0.29, 0.717) is 12.1 Å². The Bertz CT molecular complexity index is 254. The molecule has 2 N–H and O–H groups in total. The fraction of sp³-hybridized carbons (Fsp3) is 0.636. The Morgan fingerprint density at radius 1 is 1.36 bits per heavy atom. The topological polar surface area (TPSA) is 29.3 Å². The van der Waals surface area contributed by atoms with Gasteiger partial charge in [-0.3, -0.25) is 4.90 Å². The molecule has 0 amide bonds. The molecule has 0 aliphatic heterocycles. The van der Waals surface area contributed by atoms with Crippen LogP contribution in [0.2, 0.25) is 0 Å². The maximum absolute atomic E-state index is 6.03. The zero-order valence-electron chi connectivity index (χ0n) is 9.40. The summed E-state index contributed by atoms with van der Waals surface area (Å²) in [5.41, 5.74) is 6.03. The molecule has 14 heavy (non-hydrogen) atoms. The van der Waals surface area contributed by atoms with Crippen LogP contribution in [0.25, 0.3) is 0 Å². The standard InChI is InChI=1S/C11H20N2S/c1-8(2)13(4)11(9(3)12)10-6-5-7-14-10/h5-9,11H,12H2,1-4H3. The van der Waals surface area contributed by atoms with Crippen molar-refractivity contribution in [1.82, 2.24) is 4.90 Å². The van der Waals surface area contributed by atoms with E-state index in [4.69, 9.17) is 5.73 Å². The highest BCUT2D eigenvalue weighted by atomic mass is 32.1. The summed E-state index contributed by atoms with van der Waals surface area (Å²) in [4.78, 5) is 3.69. The lowest BCUT2D eigenvalue weighted by Crippen LogP contribution is -2.40. The first kappa shape index (κ1) is 11.7. The first-order valence-corrected chi connectivity index (χ1v) is 5.93. The largest absolute Gasteiger partial charge is 0.326 e. The van der Waals surface area contributed by atoms with E-state index in [1.807, 2.05) is 0 Å². The number of rotatable bonds is 4. The van der Waals surface area contributed by atoms with Gasteiger partial charge in [0, 0.05) is 17.0 Å². The molecule has 2 unspecified atom stereocenters. The Morgan fingerprint density at radius 3 is 2.36 bits per heavy atom. The fourth-order valence-corrected chi connectivity index (χ4v) is 2.60. The van der Waals surface area contributed by atoms with Gasteiger partial charge in [-0.15, -0.1) is 11.3 Å². The van der Waals surface area contributed by atoms with Crippen molar-refractivity contribution < 1.29 is 0 Å². The number of thiophene rings is 1. The molecule has 0 saturated heterocycles. The summed E-state index contributed by atoms with van der Waals surface area (Å²) in [5, 5.41) is 2.11. The summed E-state index contributed by atoms with van der Waals surface area (Å²) < 4.78 is 0. The SMILES string of the molecule is CC(N)C(c1cccs1)N(C)C(C)C. The Hall–Kier alpha value is -0.380. The van der Waals surface area contributed by atoms with Gasteiger partial charge in [-0.25, -0.2) is 0 Å². The highest BCUT2D eigenvalue weighted by Crippen LogP contribution is 2.27. The molecule has 0 aromatic carbocycles. The summed E-state index contributed by atoms with van der Waals surface area (Å²) in [7, 11) is 2.14. The number of nitrogens with two attached hydrogens (primary N) is 1. The van der Waals surface area contributed by atoms with Crippen molar-refractivity contribution in [2.45, 2.75) is 38.9 Å². The molecule has 1 aromatic heterocycles. The second kappa shape index (κ2) is 4.91. The van der Waals surface area contributed by atoms with Gasteiger partial charge in [0.1, 0.15) is 0 Å². The lowest BCUT2D eigenvalue weighted by Gasteiger charge is -2.33. The van der Waals surface area contributed by atoms with Crippen molar-refractivity contribution in [2.24, 2.45) is 5.73 Å². The summed E-state index contributed by atoms with van der Waals surface area (Å²) in [6.07, 6.45) is 0. The van der Waals surface area contributed by atoms with E-state index in [0.717, 1.165) is 0 Å². The minimum atomic E-state index is 0.168. The predicted octanol–water partition coefficient (Wildman–Crippen LogP) is 2.48. The van der Waals surface area contributed by atoms with Crippen LogP contribution in [-0.4, -0.2) is 24.0 Å². The third-order valence-electron chi connectivity index (χ3n) is 2.59. The summed E-state index contributed by atoms with van der Waals surface area (Å²) in [6, 6.07) is 5.28. The molecular formula is C11H20N2S. The van der Waals surface area contributed by atoms with Gasteiger partial charge in [0.15, 0.2) is 0 Å². The average Bonchev–Trinajstić information content (AvgIpc) is 2.56. The molecule has 1 rings (SSSR count). The van der Waals surface area contributed by atoms with Crippen LogP contribution >= 0.6 is 11.3 Å². The van der Waals surface area contributed by atoms with Crippen LogP contribution in [0.4, 0.5) is 0 Å². The van der Waals surface area contributed by atoms with Gasteiger partial charge in [-0.2, -0.15) is 0 Å². The van der Waals surface area contributed by atoms with Crippen LogP contribution in [0.15, 0.2) is 17.5 Å². The van der Waals surface area contributed by atoms with Crippen LogP contribution in [0.1, 0.15) is 31.7 Å². The number of hydrogen-bond acceptors (Lipinski definition) is 3. The van der Waals surface area contributed by atoms with Gasteiger partial charge in [-0.05, 0) is 39.3 Å². The summed E-state index contributed by atoms with van der Waals surface area (Å²) >= 11 is 1.78. The van der Waals surface area contributed by atoms with E-state index in [1.165, 1.54) is 4.88 Å². The molecule has 2 nitrogen and oxygen atoms in total. The van der Waals surface area contributed by atoms with Crippen molar-refractivity contribution in [3.8, 4) is 0 Å². The van der Waals surface area contributed by atoms with E-state index < -0.39 is 0 Å². The number of likely N-dealkylation sites (N-methyl/N-ethyl adjacent to an activating group) is 1. The van der Waals surface area contributed by atoms with E-state index >= 15 is 0 Å². The van der Waals surface area contributed by atoms with Crippen LogP contribution in [0.3, 0.4) is 0 Å². The molecule has 80 valence electrons. The normalized spacial score (nSPS) is 16.2. The van der Waals surface area contributed by atoms with Crippen LogP contribution < -0.4 is 5.73 Å². The molecule has 1 heterocycles. The smallest absolute Gasteiger partial charge is 0.0590 e. The molecule has 0 bridgehead atoms. The first-order chi connectivity index (χ1) is 6.54. The van der Waals surface area contributed by atoms with Crippen molar-refractivity contribution >= 4 is 11.3 Å². The lowest BCUT2D eigenvalue weighted by molar-refractivity contribution is 0.178. The number of hydrogen-bond donors (Lipinski definition) is 1. The van der Waals surface area contributed by atoms with Gasteiger partial charge in [-0.1, -0.05) is 6.07 Å². The zero-order chi connectivity index (χ0) is 10.7. The molecule has 0 spiro atoms. The Kier molecular flexibility index (Phi) is 4.11. The Morgan fingerprint density at radius 2 is 2.00 bits per heavy atom. The highest BCUT2D eigenvalue weighted by Gasteiger charge is 2.23. The molecule has 1 aromatic rings. The molecule has 0 radical (unpaired) electrons. The molecular weight excluding hydrogens is 192 g/mol. The maximum atomic E-state index is 6.03. The van der Waals surface area contributed by atoms with Crippen LogP contribution in [0, 0.1) is 0 Å². The molecule has 0 saturated carbocycles. The molecule has 0 aliphatic carbocycles. The molecule has 0 aliphatic rings. The molecule has 2 atom stereocenters. The minimum Gasteiger partial charge on any atom is -0.326 e. The lowest BCUT2D eigenvalue weighted by atomic mass is 10.1. The maximum Gasteiger partial charge on any atom is 0.0590 e. The van der Waals surface area contributed by atoms with Crippen LogP contribution in [0.5, 0.6) is 0 Å². The Balaban J connectivity index is 2.85. The van der Waals surface area contributed by atoms with Gasteiger partial charge in [0.25, 0.3) is 0 Å². The Labute approximate surface area is 90.7 Å². The van der Waals surface area contributed by atoms with E-state index in [2.05, 4.69) is 50.2 Å². The number of nitrogens with zero attached hydrogens (tertiary/aromatic N) is 1. The molecule has 0 fully saturated rings. The molecule has 3 heteroatoms.